The fourth-order valence-corrected chi connectivity index (χ4v) is 3.38. The Labute approximate surface area is 160 Å². The number of aryl methyl sites for hydroxylation is 1. The van der Waals surface area contributed by atoms with Crippen LogP contribution in [0.15, 0.2) is 48.5 Å². The van der Waals surface area contributed by atoms with E-state index in [1.807, 2.05) is 0 Å². The van der Waals surface area contributed by atoms with Crippen LogP contribution < -0.4 is 10.6 Å². The molecule has 27 heavy (non-hydrogen) atoms. The van der Waals surface area contributed by atoms with Gasteiger partial charge in [-0.1, -0.05) is 42.0 Å². The summed E-state index contributed by atoms with van der Waals surface area (Å²) in [5, 5.41) is 5.78. The van der Waals surface area contributed by atoms with Crippen LogP contribution >= 0.6 is 0 Å². The number of amides is 2. The van der Waals surface area contributed by atoms with E-state index in [0.717, 1.165) is 38.0 Å². The number of rotatable bonds is 6. The van der Waals surface area contributed by atoms with Crippen molar-refractivity contribution in [1.82, 2.24) is 15.5 Å². The normalized spacial score (nSPS) is 15.5. The number of nitrogens with one attached hydrogen (secondary N) is 2. The maximum atomic E-state index is 12.9. The highest BCUT2D eigenvalue weighted by Gasteiger charge is 2.19. The Balaban J connectivity index is 1.32. The van der Waals surface area contributed by atoms with Crippen molar-refractivity contribution in [3.8, 4) is 0 Å². The van der Waals surface area contributed by atoms with Crippen LogP contribution in [0.5, 0.6) is 0 Å². The summed E-state index contributed by atoms with van der Waals surface area (Å²) < 4.78 is 12.9. The number of hydrogen-bond donors (Lipinski definition) is 2. The number of hydrogen-bond acceptors (Lipinski definition) is 2. The van der Waals surface area contributed by atoms with Crippen LogP contribution in [0.2, 0.25) is 0 Å². The highest BCUT2D eigenvalue weighted by atomic mass is 19.1. The first kappa shape index (κ1) is 19.4. The van der Waals surface area contributed by atoms with Crippen LogP contribution in [0.3, 0.4) is 0 Å². The molecule has 3 rings (SSSR count). The number of nitrogens with zero attached hydrogens (tertiary/aromatic N) is 1. The fourth-order valence-electron chi connectivity index (χ4n) is 3.38. The van der Waals surface area contributed by atoms with Gasteiger partial charge in [-0.2, -0.15) is 0 Å². The second kappa shape index (κ2) is 9.51. The molecule has 2 aromatic rings. The van der Waals surface area contributed by atoms with Crippen LogP contribution in [0, 0.1) is 18.7 Å². The minimum atomic E-state index is -0.267. The monoisotopic (exact) mass is 369 g/mol. The van der Waals surface area contributed by atoms with Gasteiger partial charge in [-0.3, -0.25) is 4.90 Å². The average molecular weight is 369 g/mol. The molecule has 0 saturated carbocycles. The molecule has 0 unspecified atom stereocenters. The number of piperidine rings is 1. The van der Waals surface area contributed by atoms with E-state index in [1.165, 1.54) is 23.3 Å². The zero-order valence-corrected chi connectivity index (χ0v) is 15.9. The molecular formula is C22H28FN3O. The number of urea groups is 1. The molecule has 0 aromatic heterocycles. The summed E-state index contributed by atoms with van der Waals surface area (Å²) >= 11 is 0. The molecule has 2 amide bonds. The third kappa shape index (κ3) is 6.36. The van der Waals surface area contributed by atoms with Gasteiger partial charge in [-0.15, -0.1) is 0 Å². The maximum Gasteiger partial charge on any atom is 0.315 e. The highest BCUT2D eigenvalue weighted by Crippen LogP contribution is 2.18. The molecule has 1 aliphatic heterocycles. The first-order valence-electron chi connectivity index (χ1n) is 9.62. The van der Waals surface area contributed by atoms with E-state index < -0.39 is 0 Å². The number of halogens is 1. The molecule has 4 nitrogen and oxygen atoms in total. The van der Waals surface area contributed by atoms with E-state index in [1.54, 1.807) is 12.1 Å². The Morgan fingerprint density at radius 1 is 1.00 bits per heavy atom. The smallest absolute Gasteiger partial charge is 0.315 e. The zero-order chi connectivity index (χ0) is 19.1. The summed E-state index contributed by atoms with van der Waals surface area (Å²) in [7, 11) is 0. The molecule has 1 fully saturated rings. The zero-order valence-electron chi connectivity index (χ0n) is 15.9. The molecule has 0 aliphatic carbocycles. The Morgan fingerprint density at radius 3 is 2.30 bits per heavy atom. The second-order valence-electron chi connectivity index (χ2n) is 7.40. The summed E-state index contributed by atoms with van der Waals surface area (Å²) in [4.78, 5) is 14.4. The molecule has 1 aliphatic rings. The number of benzene rings is 2. The molecule has 1 saturated heterocycles. The number of carbonyl (C=O) groups is 1. The third-order valence-electron chi connectivity index (χ3n) is 5.15. The van der Waals surface area contributed by atoms with Gasteiger partial charge < -0.3 is 10.6 Å². The lowest BCUT2D eigenvalue weighted by Gasteiger charge is -2.32. The van der Waals surface area contributed by atoms with Gasteiger partial charge in [0.05, 0.1) is 0 Å². The molecule has 0 atom stereocenters. The van der Waals surface area contributed by atoms with E-state index in [9.17, 15) is 9.18 Å². The average Bonchev–Trinajstić information content (AvgIpc) is 2.69. The minimum Gasteiger partial charge on any atom is -0.338 e. The summed E-state index contributed by atoms with van der Waals surface area (Å²) in [6, 6.07) is 14.7. The van der Waals surface area contributed by atoms with Crippen molar-refractivity contribution in [1.29, 1.82) is 0 Å². The molecule has 0 spiro atoms. The lowest BCUT2D eigenvalue weighted by Crippen LogP contribution is -2.41. The standard InChI is InChI=1S/C22H28FN3O/c1-17-2-4-20(5-3-17)16-26-12-10-19(11-13-26)15-25-22(27)24-14-18-6-8-21(23)9-7-18/h2-9,19H,10-16H2,1H3,(H2,24,25,27). The molecule has 2 aromatic carbocycles. The molecule has 0 bridgehead atoms. The molecule has 1 heterocycles. The topological polar surface area (TPSA) is 44.4 Å². The van der Waals surface area contributed by atoms with Gasteiger partial charge in [0, 0.05) is 19.6 Å². The Morgan fingerprint density at radius 2 is 1.63 bits per heavy atom. The maximum absolute atomic E-state index is 12.9. The molecular weight excluding hydrogens is 341 g/mol. The third-order valence-corrected chi connectivity index (χ3v) is 5.15. The van der Waals surface area contributed by atoms with Crippen molar-refractivity contribution < 1.29 is 9.18 Å². The SMILES string of the molecule is Cc1ccc(CN2CCC(CNC(=O)NCc3ccc(F)cc3)CC2)cc1. The van der Waals surface area contributed by atoms with Crippen molar-refractivity contribution in [3.63, 3.8) is 0 Å². The van der Waals surface area contributed by atoms with Gasteiger partial charge in [0.15, 0.2) is 0 Å². The largest absolute Gasteiger partial charge is 0.338 e. The highest BCUT2D eigenvalue weighted by molar-refractivity contribution is 5.73. The van der Waals surface area contributed by atoms with E-state index in [4.69, 9.17) is 0 Å². The minimum absolute atomic E-state index is 0.165. The molecule has 144 valence electrons. The van der Waals surface area contributed by atoms with Crippen LogP contribution in [-0.4, -0.2) is 30.6 Å². The van der Waals surface area contributed by atoms with Crippen LogP contribution in [0.25, 0.3) is 0 Å². The van der Waals surface area contributed by atoms with Crippen molar-refractivity contribution in [2.24, 2.45) is 5.92 Å². The predicted molar refractivity (Wildman–Crippen MR) is 106 cm³/mol. The summed E-state index contributed by atoms with van der Waals surface area (Å²) in [6.45, 7) is 6.35. The van der Waals surface area contributed by atoms with E-state index in [2.05, 4.69) is 46.7 Å². The van der Waals surface area contributed by atoms with Crippen molar-refractivity contribution >= 4 is 6.03 Å². The first-order valence-corrected chi connectivity index (χ1v) is 9.62. The van der Waals surface area contributed by atoms with E-state index >= 15 is 0 Å². The van der Waals surface area contributed by atoms with Crippen molar-refractivity contribution in [3.05, 3.63) is 71.0 Å². The van der Waals surface area contributed by atoms with Crippen molar-refractivity contribution in [2.45, 2.75) is 32.9 Å². The van der Waals surface area contributed by atoms with Gasteiger partial charge >= 0.3 is 6.03 Å². The molecule has 2 N–H and O–H groups in total. The first-order chi connectivity index (χ1) is 13.1. The summed E-state index contributed by atoms with van der Waals surface area (Å²) in [5.74, 6) is 0.257. The summed E-state index contributed by atoms with van der Waals surface area (Å²) in [5.41, 5.74) is 3.54. The van der Waals surface area contributed by atoms with Gasteiger partial charge in [-0.05, 0) is 62.0 Å². The Bertz CT molecular complexity index is 722. The van der Waals surface area contributed by atoms with E-state index in [-0.39, 0.29) is 11.8 Å². The molecule has 5 heteroatoms. The number of likely N-dealkylation sites (tertiary alicyclic amines) is 1. The van der Waals surface area contributed by atoms with E-state index in [0.29, 0.717) is 19.0 Å². The van der Waals surface area contributed by atoms with Gasteiger partial charge in [0.25, 0.3) is 0 Å². The second-order valence-corrected chi connectivity index (χ2v) is 7.40. The molecule has 0 radical (unpaired) electrons. The van der Waals surface area contributed by atoms with Crippen LogP contribution in [-0.2, 0) is 13.1 Å². The Kier molecular flexibility index (Phi) is 6.82. The van der Waals surface area contributed by atoms with Gasteiger partial charge in [-0.25, -0.2) is 9.18 Å². The number of carbonyl (C=O) groups excluding carboxylic acids is 1. The lowest BCUT2D eigenvalue weighted by molar-refractivity contribution is 0.175. The summed E-state index contributed by atoms with van der Waals surface area (Å²) in [6.07, 6.45) is 2.20. The van der Waals surface area contributed by atoms with Gasteiger partial charge in [0.1, 0.15) is 5.82 Å². The van der Waals surface area contributed by atoms with Crippen LogP contribution in [0.4, 0.5) is 9.18 Å². The van der Waals surface area contributed by atoms with Gasteiger partial charge in [0.2, 0.25) is 0 Å². The predicted octanol–water partition coefficient (Wildman–Crippen LogP) is 3.85. The Hall–Kier alpha value is -2.40. The lowest BCUT2D eigenvalue weighted by atomic mass is 9.96. The van der Waals surface area contributed by atoms with Crippen molar-refractivity contribution in [2.75, 3.05) is 19.6 Å². The van der Waals surface area contributed by atoms with Crippen LogP contribution in [0.1, 0.15) is 29.5 Å². The fraction of sp³-hybridized carbons (Fsp3) is 0.409. The quantitative estimate of drug-likeness (QED) is 0.812.